The van der Waals surface area contributed by atoms with Crippen molar-refractivity contribution in [3.8, 4) is 5.75 Å². The Morgan fingerprint density at radius 3 is 2.45 bits per heavy atom. The number of hydrogen-bond acceptors (Lipinski definition) is 3. The predicted molar refractivity (Wildman–Crippen MR) is 66.0 cm³/mol. The first-order valence-corrected chi connectivity index (χ1v) is 6.28. The van der Waals surface area contributed by atoms with E-state index in [4.69, 9.17) is 5.11 Å². The fourth-order valence-electron chi connectivity index (χ4n) is 2.29. The Hall–Kier alpha value is -1.76. The van der Waals surface area contributed by atoms with Gasteiger partial charge in [-0.25, -0.2) is 8.78 Å². The van der Waals surface area contributed by atoms with Crippen LogP contribution in [0.25, 0.3) is 0 Å². The van der Waals surface area contributed by atoms with Gasteiger partial charge in [-0.05, 0) is 26.0 Å². The maximum Gasteiger partial charge on any atom is 0.257 e. The van der Waals surface area contributed by atoms with Gasteiger partial charge in [0.2, 0.25) is 5.82 Å². The highest BCUT2D eigenvalue weighted by Gasteiger charge is 2.28. The largest absolute Gasteiger partial charge is 0.503 e. The predicted octanol–water partition coefficient (Wildman–Crippen LogP) is 1.63. The Balaban J connectivity index is 2.22. The van der Waals surface area contributed by atoms with Gasteiger partial charge >= 0.3 is 0 Å². The number of carbonyl (C=O) groups is 1. The zero-order valence-electron chi connectivity index (χ0n) is 10.9. The van der Waals surface area contributed by atoms with E-state index in [-0.39, 0.29) is 6.04 Å². The lowest BCUT2D eigenvalue weighted by Crippen LogP contribution is -2.44. The highest BCUT2D eigenvalue weighted by molar-refractivity contribution is 5.95. The molecule has 20 heavy (non-hydrogen) atoms. The fourth-order valence-corrected chi connectivity index (χ4v) is 2.29. The highest BCUT2D eigenvalue weighted by Crippen LogP contribution is 2.27. The van der Waals surface area contributed by atoms with E-state index >= 15 is 0 Å². The van der Waals surface area contributed by atoms with E-state index in [2.05, 4.69) is 5.32 Å². The summed E-state index contributed by atoms with van der Waals surface area (Å²) < 4.78 is 39.8. The number of likely N-dealkylation sites (tertiary alicyclic amines) is 1. The van der Waals surface area contributed by atoms with Crippen LogP contribution in [0.15, 0.2) is 6.07 Å². The molecule has 1 aliphatic rings. The molecule has 110 valence electrons. The molecular formula is C13H15F3N2O2. The normalized spacial score (nSPS) is 16.5. The number of hydrogen-bond donors (Lipinski definition) is 2. The smallest absolute Gasteiger partial charge is 0.257 e. The van der Waals surface area contributed by atoms with Gasteiger partial charge in [-0.1, -0.05) is 0 Å². The van der Waals surface area contributed by atoms with Crippen LogP contribution >= 0.6 is 0 Å². The quantitative estimate of drug-likeness (QED) is 0.813. The van der Waals surface area contributed by atoms with Gasteiger partial charge in [0.05, 0.1) is 5.56 Å². The van der Waals surface area contributed by atoms with Gasteiger partial charge in [0.1, 0.15) is 0 Å². The van der Waals surface area contributed by atoms with Crippen molar-refractivity contribution < 1.29 is 23.1 Å². The molecule has 2 rings (SSSR count). The molecule has 0 bridgehead atoms. The molecule has 0 aliphatic carbocycles. The maximum atomic E-state index is 13.7. The van der Waals surface area contributed by atoms with Crippen molar-refractivity contribution in [1.82, 2.24) is 10.2 Å². The van der Waals surface area contributed by atoms with Gasteiger partial charge < -0.3 is 15.3 Å². The van der Waals surface area contributed by atoms with Crippen LogP contribution in [-0.4, -0.2) is 42.1 Å². The summed E-state index contributed by atoms with van der Waals surface area (Å²) in [6, 6.07) is 0.763. The molecule has 1 aliphatic heterocycles. The average molecular weight is 288 g/mol. The Kier molecular flexibility index (Phi) is 4.17. The molecule has 2 N–H and O–H groups in total. The number of carbonyl (C=O) groups excluding carboxylic acids is 1. The number of piperidine rings is 1. The summed E-state index contributed by atoms with van der Waals surface area (Å²) in [7, 11) is 1.81. The molecule has 1 fully saturated rings. The van der Waals surface area contributed by atoms with E-state index < -0.39 is 34.7 Å². The van der Waals surface area contributed by atoms with Gasteiger partial charge in [0.15, 0.2) is 17.4 Å². The van der Waals surface area contributed by atoms with Crippen LogP contribution in [0.4, 0.5) is 13.2 Å². The zero-order chi connectivity index (χ0) is 14.9. The van der Waals surface area contributed by atoms with Crippen molar-refractivity contribution in [3.05, 3.63) is 29.1 Å². The minimum absolute atomic E-state index is 0.280. The molecule has 0 saturated carbocycles. The second-order valence-electron chi connectivity index (χ2n) is 4.74. The number of aromatic hydroxyl groups is 1. The lowest BCUT2D eigenvalue weighted by Gasteiger charge is -2.32. The molecule has 0 spiro atoms. The van der Waals surface area contributed by atoms with E-state index in [0.29, 0.717) is 32.0 Å². The molecule has 0 atom stereocenters. The minimum Gasteiger partial charge on any atom is -0.503 e. The van der Waals surface area contributed by atoms with Gasteiger partial charge in [-0.15, -0.1) is 0 Å². The van der Waals surface area contributed by atoms with Gasteiger partial charge in [-0.3, -0.25) is 4.79 Å². The number of benzene rings is 1. The third-order valence-corrected chi connectivity index (χ3v) is 3.55. The van der Waals surface area contributed by atoms with E-state index in [9.17, 15) is 18.0 Å². The van der Waals surface area contributed by atoms with Crippen molar-refractivity contribution >= 4 is 5.91 Å². The average Bonchev–Trinajstić information content (AvgIpc) is 2.48. The minimum atomic E-state index is -1.69. The lowest BCUT2D eigenvalue weighted by molar-refractivity contribution is 0.0700. The third-order valence-electron chi connectivity index (χ3n) is 3.55. The van der Waals surface area contributed by atoms with E-state index in [0.717, 1.165) is 0 Å². The van der Waals surface area contributed by atoms with Crippen molar-refractivity contribution in [2.75, 3.05) is 20.1 Å². The second-order valence-corrected chi connectivity index (χ2v) is 4.74. The number of rotatable bonds is 2. The number of nitrogens with zero attached hydrogens (tertiary/aromatic N) is 1. The number of amides is 1. The Labute approximate surface area is 114 Å². The molecule has 7 heteroatoms. The zero-order valence-corrected chi connectivity index (χ0v) is 10.9. The summed E-state index contributed by atoms with van der Waals surface area (Å²) in [5.41, 5.74) is -0.649. The molecule has 1 aromatic carbocycles. The topological polar surface area (TPSA) is 52.6 Å². The van der Waals surface area contributed by atoms with Gasteiger partial charge in [-0.2, -0.15) is 4.39 Å². The Morgan fingerprint density at radius 2 is 1.90 bits per heavy atom. The SMILES string of the molecule is CNC1CCN(C(=O)c2cc(F)c(F)c(O)c2F)CC1. The number of phenolic OH excluding ortho intramolecular Hbond substituents is 1. The van der Waals surface area contributed by atoms with Crippen molar-refractivity contribution in [2.24, 2.45) is 0 Å². The van der Waals surface area contributed by atoms with Crippen LogP contribution in [-0.2, 0) is 0 Å². The van der Waals surface area contributed by atoms with Crippen LogP contribution in [0.3, 0.4) is 0 Å². The van der Waals surface area contributed by atoms with Crippen molar-refractivity contribution in [2.45, 2.75) is 18.9 Å². The molecule has 0 aromatic heterocycles. The van der Waals surface area contributed by atoms with Crippen LogP contribution in [0.2, 0.25) is 0 Å². The summed E-state index contributed by atoms with van der Waals surface area (Å²) >= 11 is 0. The first-order chi connectivity index (χ1) is 9.45. The van der Waals surface area contributed by atoms with Crippen molar-refractivity contribution in [1.29, 1.82) is 0 Å². The first-order valence-electron chi connectivity index (χ1n) is 6.28. The summed E-state index contributed by atoms with van der Waals surface area (Å²) in [6.45, 7) is 0.785. The van der Waals surface area contributed by atoms with Crippen molar-refractivity contribution in [3.63, 3.8) is 0 Å². The molecule has 1 saturated heterocycles. The summed E-state index contributed by atoms with van der Waals surface area (Å²) in [4.78, 5) is 13.5. The monoisotopic (exact) mass is 288 g/mol. The molecule has 1 aromatic rings. The highest BCUT2D eigenvalue weighted by atomic mass is 19.2. The number of halogens is 3. The molecule has 0 radical (unpaired) electrons. The standard InChI is InChI=1S/C13H15F3N2O2/c1-17-7-2-4-18(5-3-7)13(20)8-6-9(14)11(16)12(19)10(8)15/h6-7,17,19H,2-5H2,1H3. The Bertz CT molecular complexity index is 529. The maximum absolute atomic E-state index is 13.7. The van der Waals surface area contributed by atoms with Crippen LogP contribution in [0.1, 0.15) is 23.2 Å². The van der Waals surface area contributed by atoms with Gasteiger partial charge in [0, 0.05) is 19.1 Å². The molecule has 1 amide bonds. The molecule has 0 unspecified atom stereocenters. The third kappa shape index (κ3) is 2.58. The summed E-state index contributed by atoms with van der Waals surface area (Å²) in [5.74, 6) is -6.76. The number of phenols is 1. The first kappa shape index (κ1) is 14.6. The molecule has 1 heterocycles. The van der Waals surface area contributed by atoms with E-state index in [1.165, 1.54) is 4.90 Å². The van der Waals surface area contributed by atoms with E-state index in [1.54, 1.807) is 0 Å². The summed E-state index contributed by atoms with van der Waals surface area (Å²) in [6.07, 6.45) is 1.39. The van der Waals surface area contributed by atoms with E-state index in [1.807, 2.05) is 7.05 Å². The molecule has 4 nitrogen and oxygen atoms in total. The Morgan fingerprint density at radius 1 is 1.30 bits per heavy atom. The number of nitrogens with one attached hydrogen (secondary N) is 1. The van der Waals surface area contributed by atoms with Crippen LogP contribution in [0.5, 0.6) is 5.75 Å². The van der Waals surface area contributed by atoms with Crippen LogP contribution in [0, 0.1) is 17.5 Å². The fraction of sp³-hybridized carbons (Fsp3) is 0.462. The second kappa shape index (κ2) is 5.70. The van der Waals surface area contributed by atoms with Gasteiger partial charge in [0.25, 0.3) is 5.91 Å². The molecular weight excluding hydrogens is 273 g/mol. The summed E-state index contributed by atoms with van der Waals surface area (Å²) in [5, 5.41) is 12.2. The lowest BCUT2D eigenvalue weighted by atomic mass is 10.0. The van der Waals surface area contributed by atoms with Crippen LogP contribution < -0.4 is 5.32 Å².